The van der Waals surface area contributed by atoms with Crippen molar-refractivity contribution >= 4 is 0 Å². The molecule has 0 bridgehead atoms. The number of hydrogen-bond acceptors (Lipinski definition) is 24. The molecular formula is C57H99F17O24. The Bertz CT molecular complexity index is 1760. The highest BCUT2D eigenvalue weighted by Gasteiger charge is 2.95. The summed E-state index contributed by atoms with van der Waals surface area (Å²) < 4.78 is 355. The minimum absolute atomic E-state index is 0.0668. The highest BCUT2D eigenvalue weighted by Crippen LogP contribution is 2.64. The van der Waals surface area contributed by atoms with Crippen molar-refractivity contribution in [3.63, 3.8) is 0 Å². The zero-order chi connectivity index (χ0) is 72.9. The fourth-order valence-electron chi connectivity index (χ4n) is 6.61. The van der Waals surface area contributed by atoms with E-state index in [1.54, 1.807) is 7.11 Å². The van der Waals surface area contributed by atoms with Gasteiger partial charge in [-0.15, -0.1) is 0 Å². The lowest BCUT2D eigenvalue weighted by molar-refractivity contribution is -0.462. The lowest BCUT2D eigenvalue weighted by Crippen LogP contribution is -2.74. The molecule has 0 amide bonds. The molecule has 98 heavy (non-hydrogen) atoms. The lowest BCUT2D eigenvalue weighted by atomic mass is 9.89. The Morgan fingerprint density at radius 1 is 0.153 bits per heavy atom. The van der Waals surface area contributed by atoms with E-state index in [2.05, 4.69) is 4.74 Å². The second-order valence-electron chi connectivity index (χ2n) is 19.5. The minimum Gasteiger partial charge on any atom is -0.382 e. The van der Waals surface area contributed by atoms with Crippen molar-refractivity contribution in [3.05, 3.63) is 0 Å². The third kappa shape index (κ3) is 44.5. The second kappa shape index (κ2) is 60.2. The summed E-state index contributed by atoms with van der Waals surface area (Å²) in [4.78, 5) is 0. The first-order chi connectivity index (χ1) is 46.8. The maximum atomic E-state index is 13.9. The molecule has 590 valence electrons. The van der Waals surface area contributed by atoms with Crippen LogP contribution in [0.2, 0.25) is 0 Å². The number of alkyl halides is 17. The summed E-state index contributed by atoms with van der Waals surface area (Å²) >= 11 is 0. The molecule has 0 rings (SSSR count). The monoisotopic (exact) mass is 1490 g/mol. The van der Waals surface area contributed by atoms with Crippen molar-refractivity contribution in [1.29, 1.82) is 0 Å². The summed E-state index contributed by atoms with van der Waals surface area (Å²) in [5, 5.41) is 0. The minimum atomic E-state index is -8.68. The van der Waals surface area contributed by atoms with Crippen LogP contribution in [0.5, 0.6) is 0 Å². The zero-order valence-electron chi connectivity index (χ0n) is 55.2. The lowest BCUT2D eigenvalue weighted by Gasteiger charge is -2.42. The summed E-state index contributed by atoms with van der Waals surface area (Å²) in [7, 11) is 1.63. The van der Waals surface area contributed by atoms with Gasteiger partial charge >= 0.3 is 47.6 Å². The average molecular weight is 1490 g/mol. The molecule has 24 nitrogen and oxygen atoms in total. The average Bonchev–Trinajstić information content (AvgIpc) is 0.699. The second-order valence-corrected chi connectivity index (χ2v) is 19.5. The fourth-order valence-corrected chi connectivity index (χ4v) is 6.61. The Morgan fingerprint density at radius 3 is 0.449 bits per heavy atom. The predicted octanol–water partition coefficient (Wildman–Crippen LogP) is 6.41. The van der Waals surface area contributed by atoms with E-state index < -0.39 is 73.9 Å². The van der Waals surface area contributed by atoms with Gasteiger partial charge in [-0.05, 0) is 6.42 Å². The van der Waals surface area contributed by atoms with Crippen LogP contribution in [0.1, 0.15) is 6.42 Å². The molecule has 0 spiro atoms. The Balaban J connectivity index is 3.40. The van der Waals surface area contributed by atoms with Gasteiger partial charge in [-0.2, -0.15) is 74.6 Å². The molecule has 0 aromatic carbocycles. The largest absolute Gasteiger partial charge is 0.460 e. The van der Waals surface area contributed by atoms with Crippen LogP contribution in [0.25, 0.3) is 0 Å². The zero-order valence-corrected chi connectivity index (χ0v) is 55.2. The fraction of sp³-hybridized carbons (Fsp3) is 1.00. The molecule has 0 heterocycles. The molecular weight excluding hydrogens is 1390 g/mol. The van der Waals surface area contributed by atoms with Crippen molar-refractivity contribution in [2.45, 2.75) is 54.1 Å². The first-order valence-electron chi connectivity index (χ1n) is 31.3. The quantitative estimate of drug-likeness (QED) is 0.0474. The van der Waals surface area contributed by atoms with Crippen molar-refractivity contribution in [3.8, 4) is 0 Å². The third-order valence-electron chi connectivity index (χ3n) is 11.9. The molecule has 0 aromatic heterocycles. The van der Waals surface area contributed by atoms with Gasteiger partial charge < -0.3 is 114 Å². The van der Waals surface area contributed by atoms with E-state index in [4.69, 9.17) is 109 Å². The molecule has 0 N–H and O–H groups in total. The normalized spacial score (nSPS) is 13.3. The van der Waals surface area contributed by atoms with Crippen LogP contribution in [-0.2, 0) is 114 Å². The van der Waals surface area contributed by atoms with E-state index in [-0.39, 0.29) is 52.9 Å². The molecule has 0 fully saturated rings. The highest BCUT2D eigenvalue weighted by atomic mass is 19.4. The Kier molecular flexibility index (Phi) is 58.8. The van der Waals surface area contributed by atoms with Crippen LogP contribution in [-0.4, -0.2) is 365 Å². The Hall–Kier alpha value is -2.15. The molecule has 0 aromatic rings. The van der Waals surface area contributed by atoms with E-state index >= 15 is 0 Å². The SMILES string of the molecule is COCCOCCOCCOCCOCCOCCOCCOCCOCCOCCOCCOCCOCCOCCOCCOCCOCCOCCOCCOCCOCCOCCOCCCOCC(F)(F)C(F)(F)C(F)(F)C(F)(F)C(F)(F)C(F)(F)C(F)(F)C(F)(F)F. The number of hydrogen-bond donors (Lipinski definition) is 0. The predicted molar refractivity (Wildman–Crippen MR) is 306 cm³/mol. The molecule has 0 unspecified atom stereocenters. The van der Waals surface area contributed by atoms with Crippen molar-refractivity contribution in [2.75, 3.05) is 318 Å². The van der Waals surface area contributed by atoms with Gasteiger partial charge in [0.15, 0.2) is 0 Å². The molecule has 0 radical (unpaired) electrons. The van der Waals surface area contributed by atoms with Crippen LogP contribution in [0, 0.1) is 0 Å². The first kappa shape index (κ1) is 95.8. The van der Waals surface area contributed by atoms with E-state index in [1.165, 1.54) is 0 Å². The van der Waals surface area contributed by atoms with E-state index in [0.29, 0.717) is 238 Å². The van der Waals surface area contributed by atoms with Crippen LogP contribution >= 0.6 is 0 Å². The van der Waals surface area contributed by atoms with Crippen molar-refractivity contribution in [2.24, 2.45) is 0 Å². The summed E-state index contributed by atoms with van der Waals surface area (Å²) in [6, 6.07) is 0. The Labute approximate surface area is 559 Å². The van der Waals surface area contributed by atoms with Gasteiger partial charge in [0, 0.05) is 20.3 Å². The molecule has 0 aliphatic heterocycles. The maximum Gasteiger partial charge on any atom is 0.460 e. The summed E-state index contributed by atoms with van der Waals surface area (Å²) in [6.45, 7) is 12.5. The molecule has 0 saturated heterocycles. The van der Waals surface area contributed by atoms with Gasteiger partial charge in [0.2, 0.25) is 0 Å². The summed E-state index contributed by atoms with van der Waals surface area (Å²) in [5.41, 5.74) is 0. The van der Waals surface area contributed by atoms with Crippen LogP contribution < -0.4 is 0 Å². The maximum absolute atomic E-state index is 13.9. The molecule has 0 aliphatic rings. The summed E-state index contributed by atoms with van der Waals surface area (Å²) in [5.74, 6) is -56.8. The van der Waals surface area contributed by atoms with Crippen molar-refractivity contribution in [1.82, 2.24) is 0 Å². The van der Waals surface area contributed by atoms with Crippen LogP contribution in [0.3, 0.4) is 0 Å². The van der Waals surface area contributed by atoms with Gasteiger partial charge in [-0.1, -0.05) is 0 Å². The van der Waals surface area contributed by atoms with Gasteiger partial charge in [0.25, 0.3) is 0 Å². The van der Waals surface area contributed by atoms with E-state index in [1.807, 2.05) is 0 Å². The first-order valence-corrected chi connectivity index (χ1v) is 31.3. The standard InChI is InChI=1S/C57H99F17O24/c1-75-5-6-77-9-10-79-13-14-81-17-18-83-21-22-85-25-26-87-29-30-89-33-34-91-37-38-93-41-42-95-45-46-97-48-47-96-44-43-94-40-39-92-36-35-90-32-31-88-28-27-86-24-23-84-20-19-82-16-15-80-12-11-78-8-7-76-3-2-4-98-49-50(58,59)51(60,61)52(62,63)53(64,65)54(66,67)55(68,69)56(70,71)57(72,73)74/h2-49H2,1H3. The van der Waals surface area contributed by atoms with E-state index in [0.717, 1.165) is 0 Å². The molecule has 0 saturated carbocycles. The third-order valence-corrected chi connectivity index (χ3v) is 11.9. The molecule has 41 heteroatoms. The number of halogens is 17. The highest BCUT2D eigenvalue weighted by molar-refractivity contribution is 5.15. The van der Waals surface area contributed by atoms with E-state index in [9.17, 15) is 74.6 Å². The topological polar surface area (TPSA) is 222 Å². The molecule has 0 atom stereocenters. The van der Waals surface area contributed by atoms with Crippen LogP contribution in [0.4, 0.5) is 74.6 Å². The number of methoxy groups -OCH3 is 1. The Morgan fingerprint density at radius 2 is 0.286 bits per heavy atom. The molecule has 0 aliphatic carbocycles. The van der Waals surface area contributed by atoms with Gasteiger partial charge in [0.1, 0.15) is 6.61 Å². The number of rotatable bonds is 78. The summed E-state index contributed by atoms with van der Waals surface area (Å²) in [6.07, 6.45) is -8.29. The van der Waals surface area contributed by atoms with Gasteiger partial charge in [-0.25, -0.2) is 0 Å². The van der Waals surface area contributed by atoms with Crippen molar-refractivity contribution < 1.29 is 188 Å². The smallest absolute Gasteiger partial charge is 0.382 e. The van der Waals surface area contributed by atoms with Crippen LogP contribution in [0.15, 0.2) is 0 Å². The number of ether oxygens (including phenoxy) is 24. The van der Waals surface area contributed by atoms with Gasteiger partial charge in [0.05, 0.1) is 291 Å². The van der Waals surface area contributed by atoms with Gasteiger partial charge in [-0.3, -0.25) is 0 Å².